The van der Waals surface area contributed by atoms with Crippen molar-refractivity contribution in [3.63, 3.8) is 0 Å². The minimum Gasteiger partial charge on any atom is -0.372 e. The van der Waals surface area contributed by atoms with Crippen LogP contribution in [0, 0.1) is 5.92 Å². The van der Waals surface area contributed by atoms with Gasteiger partial charge < -0.3 is 5.32 Å². The molecular weight excluding hydrogens is 266 g/mol. The molecule has 2 rings (SSSR count). The van der Waals surface area contributed by atoms with E-state index in [0.29, 0.717) is 11.8 Å². The predicted molar refractivity (Wildman–Crippen MR) is 69.9 cm³/mol. The highest BCUT2D eigenvalue weighted by atomic mass is 79.9. The van der Waals surface area contributed by atoms with Crippen LogP contribution in [-0.4, -0.2) is 17.0 Å². The van der Waals surface area contributed by atoms with E-state index in [-0.39, 0.29) is 0 Å². The summed E-state index contributed by atoms with van der Waals surface area (Å²) in [5, 5.41) is 3.13. The molecule has 1 aromatic rings. The van der Waals surface area contributed by atoms with Crippen molar-refractivity contribution >= 4 is 21.7 Å². The van der Waals surface area contributed by atoms with Crippen LogP contribution in [0.15, 0.2) is 4.47 Å². The van der Waals surface area contributed by atoms with Crippen LogP contribution in [0.5, 0.6) is 0 Å². The van der Waals surface area contributed by atoms with Gasteiger partial charge in [-0.1, -0.05) is 20.8 Å². The summed E-state index contributed by atoms with van der Waals surface area (Å²) in [6, 6.07) is 0. The average Bonchev–Trinajstić information content (AvgIpc) is 2.95. The third kappa shape index (κ3) is 2.08. The van der Waals surface area contributed by atoms with E-state index in [9.17, 15) is 0 Å². The Kier molecular flexibility index (Phi) is 3.19. The number of halogens is 1. The molecule has 1 aliphatic carbocycles. The number of hydrogen-bond acceptors (Lipinski definition) is 3. The maximum atomic E-state index is 4.69. The van der Waals surface area contributed by atoms with Gasteiger partial charge in [0, 0.05) is 13.0 Å². The maximum absolute atomic E-state index is 4.69. The van der Waals surface area contributed by atoms with E-state index in [1.54, 1.807) is 0 Å². The zero-order chi connectivity index (χ0) is 11.9. The van der Waals surface area contributed by atoms with Crippen LogP contribution in [0.25, 0.3) is 0 Å². The van der Waals surface area contributed by atoms with Crippen LogP contribution in [0.4, 0.5) is 5.82 Å². The SMILES string of the molecule is CNc1nc(C2CC2C)nc(C(C)C)c1Br. The summed E-state index contributed by atoms with van der Waals surface area (Å²) in [4.78, 5) is 9.27. The molecule has 88 valence electrons. The first-order valence-corrected chi connectivity index (χ1v) is 6.59. The Hall–Kier alpha value is -0.640. The van der Waals surface area contributed by atoms with E-state index in [1.165, 1.54) is 6.42 Å². The van der Waals surface area contributed by atoms with Gasteiger partial charge in [-0.15, -0.1) is 0 Å². The first-order chi connectivity index (χ1) is 7.54. The molecule has 1 heterocycles. The molecule has 1 fully saturated rings. The van der Waals surface area contributed by atoms with Crippen molar-refractivity contribution in [1.82, 2.24) is 9.97 Å². The standard InChI is InChI=1S/C12H18BrN3/c1-6(2)10-9(13)12(14-4)16-11(15-10)8-5-7(8)3/h6-8H,5H2,1-4H3,(H,14,15,16). The van der Waals surface area contributed by atoms with Crippen molar-refractivity contribution in [3.05, 3.63) is 16.0 Å². The minimum absolute atomic E-state index is 0.414. The predicted octanol–water partition coefficient (Wildman–Crippen LogP) is 3.53. The number of nitrogens with one attached hydrogen (secondary N) is 1. The number of rotatable bonds is 3. The number of hydrogen-bond donors (Lipinski definition) is 1. The van der Waals surface area contributed by atoms with Gasteiger partial charge in [0.1, 0.15) is 11.6 Å². The van der Waals surface area contributed by atoms with Crippen LogP contribution in [0.2, 0.25) is 0 Å². The summed E-state index contributed by atoms with van der Waals surface area (Å²) in [7, 11) is 1.90. The lowest BCUT2D eigenvalue weighted by atomic mass is 10.1. The highest BCUT2D eigenvalue weighted by Crippen LogP contribution is 2.46. The molecule has 0 spiro atoms. The molecule has 0 saturated heterocycles. The lowest BCUT2D eigenvalue weighted by Gasteiger charge is -2.13. The van der Waals surface area contributed by atoms with Gasteiger partial charge in [-0.2, -0.15) is 0 Å². The van der Waals surface area contributed by atoms with E-state index >= 15 is 0 Å². The fraction of sp³-hybridized carbons (Fsp3) is 0.667. The second-order valence-electron chi connectivity index (χ2n) is 4.85. The molecule has 0 aliphatic heterocycles. The molecule has 3 nitrogen and oxygen atoms in total. The monoisotopic (exact) mass is 283 g/mol. The third-order valence-corrected chi connectivity index (χ3v) is 3.90. The molecule has 2 atom stereocenters. The number of aromatic nitrogens is 2. The molecule has 0 radical (unpaired) electrons. The van der Waals surface area contributed by atoms with Crippen molar-refractivity contribution in [2.45, 2.75) is 39.0 Å². The van der Waals surface area contributed by atoms with Gasteiger partial charge in [-0.3, -0.25) is 0 Å². The van der Waals surface area contributed by atoms with Crippen molar-refractivity contribution in [2.75, 3.05) is 12.4 Å². The second-order valence-corrected chi connectivity index (χ2v) is 5.65. The minimum atomic E-state index is 0.414. The van der Waals surface area contributed by atoms with Gasteiger partial charge in [-0.05, 0) is 34.2 Å². The van der Waals surface area contributed by atoms with Crippen LogP contribution >= 0.6 is 15.9 Å². The molecule has 1 aromatic heterocycles. The average molecular weight is 284 g/mol. The summed E-state index contributed by atoms with van der Waals surface area (Å²) in [6.45, 7) is 6.57. The zero-order valence-corrected chi connectivity index (χ0v) is 11.8. The molecule has 0 bridgehead atoms. The molecule has 2 unspecified atom stereocenters. The summed E-state index contributed by atoms with van der Waals surface area (Å²) in [5.41, 5.74) is 1.11. The molecule has 0 amide bonds. The molecular formula is C12H18BrN3. The fourth-order valence-electron chi connectivity index (χ4n) is 1.88. The molecule has 1 saturated carbocycles. The summed E-state index contributed by atoms with van der Waals surface area (Å²) in [6.07, 6.45) is 1.22. The van der Waals surface area contributed by atoms with E-state index < -0.39 is 0 Å². The van der Waals surface area contributed by atoms with Gasteiger partial charge in [0.05, 0.1) is 10.2 Å². The normalized spacial score (nSPS) is 23.6. The van der Waals surface area contributed by atoms with Gasteiger partial charge in [0.2, 0.25) is 0 Å². The molecule has 16 heavy (non-hydrogen) atoms. The van der Waals surface area contributed by atoms with Crippen LogP contribution < -0.4 is 5.32 Å². The van der Waals surface area contributed by atoms with Crippen molar-refractivity contribution in [1.29, 1.82) is 0 Å². The Morgan fingerprint density at radius 3 is 2.44 bits per heavy atom. The molecule has 1 N–H and O–H groups in total. The summed E-state index contributed by atoms with van der Waals surface area (Å²) >= 11 is 3.57. The van der Waals surface area contributed by atoms with Crippen molar-refractivity contribution in [2.24, 2.45) is 5.92 Å². The van der Waals surface area contributed by atoms with Gasteiger partial charge >= 0.3 is 0 Å². The zero-order valence-electron chi connectivity index (χ0n) is 10.2. The van der Waals surface area contributed by atoms with Crippen LogP contribution in [-0.2, 0) is 0 Å². The molecule has 1 aliphatic rings. The van der Waals surface area contributed by atoms with Crippen molar-refractivity contribution in [3.8, 4) is 0 Å². The van der Waals surface area contributed by atoms with Crippen LogP contribution in [0.3, 0.4) is 0 Å². The van der Waals surface area contributed by atoms with Crippen LogP contribution in [0.1, 0.15) is 50.5 Å². The second kappa shape index (κ2) is 4.32. The number of anilines is 1. The highest BCUT2D eigenvalue weighted by Gasteiger charge is 2.37. The van der Waals surface area contributed by atoms with E-state index in [0.717, 1.165) is 27.7 Å². The molecule has 0 aromatic carbocycles. The van der Waals surface area contributed by atoms with Gasteiger partial charge in [-0.25, -0.2) is 9.97 Å². The van der Waals surface area contributed by atoms with E-state index in [1.807, 2.05) is 7.05 Å². The van der Waals surface area contributed by atoms with Gasteiger partial charge in [0.25, 0.3) is 0 Å². The number of nitrogens with zero attached hydrogens (tertiary/aromatic N) is 2. The Balaban J connectivity index is 2.44. The Labute approximate surface area is 105 Å². The summed E-state index contributed by atoms with van der Waals surface area (Å²) in [5.74, 6) is 3.64. The first-order valence-electron chi connectivity index (χ1n) is 5.79. The largest absolute Gasteiger partial charge is 0.372 e. The smallest absolute Gasteiger partial charge is 0.144 e. The Bertz CT molecular complexity index is 403. The third-order valence-electron chi connectivity index (χ3n) is 3.12. The van der Waals surface area contributed by atoms with E-state index in [4.69, 9.17) is 4.98 Å². The lowest BCUT2D eigenvalue weighted by Crippen LogP contribution is -2.06. The Morgan fingerprint density at radius 1 is 1.38 bits per heavy atom. The lowest BCUT2D eigenvalue weighted by molar-refractivity contribution is 0.762. The Morgan fingerprint density at radius 2 is 2.00 bits per heavy atom. The molecule has 4 heteroatoms. The maximum Gasteiger partial charge on any atom is 0.144 e. The topological polar surface area (TPSA) is 37.8 Å². The quantitative estimate of drug-likeness (QED) is 0.922. The van der Waals surface area contributed by atoms with Gasteiger partial charge in [0.15, 0.2) is 0 Å². The first kappa shape index (κ1) is 11.8. The van der Waals surface area contributed by atoms with E-state index in [2.05, 4.69) is 47.0 Å². The fourth-order valence-corrected chi connectivity index (χ4v) is 2.71. The highest BCUT2D eigenvalue weighted by molar-refractivity contribution is 9.10. The van der Waals surface area contributed by atoms with Crippen molar-refractivity contribution < 1.29 is 0 Å². The summed E-state index contributed by atoms with van der Waals surface area (Å²) < 4.78 is 1.00.